The molecule has 2 N–H and O–H groups in total. The Morgan fingerprint density at radius 2 is 2.00 bits per heavy atom. The van der Waals surface area contributed by atoms with Gasteiger partial charge in [0.1, 0.15) is 0 Å². The number of nitrogens with two attached hydrogens (primary N) is 1. The number of hydrogen-bond acceptors (Lipinski definition) is 4. The molecule has 18 heavy (non-hydrogen) atoms. The Kier molecular flexibility index (Phi) is 5.36. The highest BCUT2D eigenvalue weighted by molar-refractivity contribution is 9.10. The molecule has 0 bridgehead atoms. The van der Waals surface area contributed by atoms with Crippen LogP contribution in [0, 0.1) is 0 Å². The lowest BCUT2D eigenvalue weighted by molar-refractivity contribution is 0.161. The summed E-state index contributed by atoms with van der Waals surface area (Å²) in [6, 6.07) is 6.02. The van der Waals surface area contributed by atoms with E-state index in [-0.39, 0.29) is 0 Å². The minimum Gasteiger partial charge on any atom is -0.399 e. The molecule has 0 aromatic heterocycles. The molecule has 0 atom stereocenters. The first-order valence-corrected chi connectivity index (χ1v) is 8.02. The standard InChI is InChI=1S/C13H20BrN3S/c1-16-4-6-17(7-5-16)8-9-18-13-3-2-11(15)10-12(13)14/h2-3,10H,4-9,15H2,1H3. The Bertz CT molecular complexity index is 392. The van der Waals surface area contributed by atoms with Gasteiger partial charge in [0.2, 0.25) is 0 Å². The van der Waals surface area contributed by atoms with Crippen molar-refractivity contribution in [2.24, 2.45) is 0 Å². The van der Waals surface area contributed by atoms with Crippen molar-refractivity contribution in [1.29, 1.82) is 0 Å². The molecule has 1 saturated heterocycles. The molecular weight excluding hydrogens is 310 g/mol. The van der Waals surface area contributed by atoms with Crippen molar-refractivity contribution in [3.8, 4) is 0 Å². The highest BCUT2D eigenvalue weighted by Crippen LogP contribution is 2.29. The van der Waals surface area contributed by atoms with Crippen molar-refractivity contribution in [2.45, 2.75) is 4.90 Å². The molecule has 2 rings (SSSR count). The molecule has 0 spiro atoms. The summed E-state index contributed by atoms with van der Waals surface area (Å²) in [4.78, 5) is 6.21. The number of benzene rings is 1. The van der Waals surface area contributed by atoms with Gasteiger partial charge < -0.3 is 10.6 Å². The molecule has 0 saturated carbocycles. The molecule has 1 aromatic rings. The average molecular weight is 330 g/mol. The fraction of sp³-hybridized carbons (Fsp3) is 0.538. The van der Waals surface area contributed by atoms with Crippen LogP contribution in [0.4, 0.5) is 5.69 Å². The van der Waals surface area contributed by atoms with E-state index in [1.807, 2.05) is 23.9 Å². The van der Waals surface area contributed by atoms with Gasteiger partial charge >= 0.3 is 0 Å². The van der Waals surface area contributed by atoms with E-state index in [9.17, 15) is 0 Å². The van der Waals surface area contributed by atoms with Gasteiger partial charge in [-0.3, -0.25) is 4.90 Å². The van der Waals surface area contributed by atoms with Crippen molar-refractivity contribution in [3.05, 3.63) is 22.7 Å². The molecule has 1 aliphatic rings. The maximum atomic E-state index is 5.73. The van der Waals surface area contributed by atoms with Crippen molar-refractivity contribution < 1.29 is 0 Å². The summed E-state index contributed by atoms with van der Waals surface area (Å²) in [6.07, 6.45) is 0. The Balaban J connectivity index is 1.75. The number of nitrogens with zero attached hydrogens (tertiary/aromatic N) is 2. The van der Waals surface area contributed by atoms with Gasteiger partial charge in [0.15, 0.2) is 0 Å². The second-order valence-corrected chi connectivity index (χ2v) is 6.67. The van der Waals surface area contributed by atoms with E-state index >= 15 is 0 Å². The van der Waals surface area contributed by atoms with Gasteiger partial charge in [-0.05, 0) is 41.2 Å². The van der Waals surface area contributed by atoms with E-state index in [4.69, 9.17) is 5.73 Å². The first kappa shape index (κ1) is 14.2. The molecular formula is C13H20BrN3S. The summed E-state index contributed by atoms with van der Waals surface area (Å²) in [5.41, 5.74) is 6.54. The number of likely N-dealkylation sites (N-methyl/N-ethyl adjacent to an activating group) is 1. The SMILES string of the molecule is CN1CCN(CCSc2ccc(N)cc2Br)CC1. The molecule has 0 amide bonds. The number of hydrogen-bond donors (Lipinski definition) is 1. The van der Waals surface area contributed by atoms with Crippen LogP contribution >= 0.6 is 27.7 Å². The van der Waals surface area contributed by atoms with Gasteiger partial charge in [-0.1, -0.05) is 0 Å². The summed E-state index contributed by atoms with van der Waals surface area (Å²) in [6.45, 7) is 5.93. The summed E-state index contributed by atoms with van der Waals surface area (Å²) in [7, 11) is 2.19. The number of rotatable bonds is 4. The van der Waals surface area contributed by atoms with Crippen molar-refractivity contribution in [2.75, 3.05) is 51.3 Å². The van der Waals surface area contributed by atoms with Crippen LogP contribution in [-0.4, -0.2) is 55.3 Å². The van der Waals surface area contributed by atoms with Crippen molar-refractivity contribution in [1.82, 2.24) is 9.80 Å². The first-order valence-electron chi connectivity index (χ1n) is 6.24. The number of halogens is 1. The van der Waals surface area contributed by atoms with Gasteiger partial charge in [-0.15, -0.1) is 11.8 Å². The molecule has 1 aromatic carbocycles. The Labute approximate surface area is 122 Å². The predicted octanol–water partition coefficient (Wildman–Crippen LogP) is 2.37. The molecule has 0 aliphatic carbocycles. The maximum absolute atomic E-state index is 5.73. The topological polar surface area (TPSA) is 32.5 Å². The molecule has 3 nitrogen and oxygen atoms in total. The minimum absolute atomic E-state index is 0.810. The van der Waals surface area contributed by atoms with Crippen LogP contribution < -0.4 is 5.73 Å². The third kappa shape index (κ3) is 4.16. The fourth-order valence-corrected chi connectivity index (χ4v) is 3.66. The highest BCUT2D eigenvalue weighted by Gasteiger charge is 2.13. The van der Waals surface area contributed by atoms with E-state index in [0.717, 1.165) is 22.5 Å². The zero-order chi connectivity index (χ0) is 13.0. The lowest BCUT2D eigenvalue weighted by Crippen LogP contribution is -2.45. The van der Waals surface area contributed by atoms with E-state index < -0.39 is 0 Å². The molecule has 5 heteroatoms. The highest BCUT2D eigenvalue weighted by atomic mass is 79.9. The van der Waals surface area contributed by atoms with Gasteiger partial charge in [0, 0.05) is 53.5 Å². The quantitative estimate of drug-likeness (QED) is 0.679. The Hall–Kier alpha value is -0.230. The third-order valence-corrected chi connectivity index (χ3v) is 5.19. The van der Waals surface area contributed by atoms with Crippen LogP contribution in [0.25, 0.3) is 0 Å². The Morgan fingerprint density at radius 3 is 2.67 bits per heavy atom. The summed E-state index contributed by atoms with van der Waals surface area (Å²) < 4.78 is 1.10. The molecule has 1 aliphatic heterocycles. The molecule has 100 valence electrons. The number of thioether (sulfide) groups is 1. The second kappa shape index (κ2) is 6.80. The molecule has 1 fully saturated rings. The molecule has 0 radical (unpaired) electrons. The number of anilines is 1. The monoisotopic (exact) mass is 329 g/mol. The van der Waals surface area contributed by atoms with Crippen LogP contribution in [0.5, 0.6) is 0 Å². The number of piperazine rings is 1. The van der Waals surface area contributed by atoms with Gasteiger partial charge in [0.05, 0.1) is 0 Å². The number of nitrogen functional groups attached to an aromatic ring is 1. The summed E-state index contributed by atoms with van der Waals surface area (Å²) in [5.74, 6) is 1.13. The predicted molar refractivity (Wildman–Crippen MR) is 83.2 cm³/mol. The van der Waals surface area contributed by atoms with E-state index in [1.54, 1.807) is 0 Å². The second-order valence-electron chi connectivity index (χ2n) is 4.68. The van der Waals surface area contributed by atoms with Crippen LogP contribution in [0.2, 0.25) is 0 Å². The average Bonchev–Trinajstić information content (AvgIpc) is 2.34. The van der Waals surface area contributed by atoms with Gasteiger partial charge in [-0.25, -0.2) is 0 Å². The van der Waals surface area contributed by atoms with Gasteiger partial charge in [-0.2, -0.15) is 0 Å². The zero-order valence-electron chi connectivity index (χ0n) is 10.7. The zero-order valence-corrected chi connectivity index (χ0v) is 13.1. The summed E-state index contributed by atoms with van der Waals surface area (Å²) in [5, 5.41) is 0. The molecule has 1 heterocycles. The smallest absolute Gasteiger partial charge is 0.0331 e. The van der Waals surface area contributed by atoms with Crippen LogP contribution in [0.15, 0.2) is 27.6 Å². The first-order chi connectivity index (χ1) is 8.65. The van der Waals surface area contributed by atoms with Crippen molar-refractivity contribution >= 4 is 33.4 Å². The minimum atomic E-state index is 0.810. The summed E-state index contributed by atoms with van der Waals surface area (Å²) >= 11 is 5.45. The van der Waals surface area contributed by atoms with Crippen LogP contribution in [0.3, 0.4) is 0 Å². The van der Waals surface area contributed by atoms with E-state index in [0.29, 0.717) is 0 Å². The van der Waals surface area contributed by atoms with Crippen LogP contribution in [-0.2, 0) is 0 Å². The lowest BCUT2D eigenvalue weighted by atomic mass is 10.3. The maximum Gasteiger partial charge on any atom is 0.0331 e. The third-order valence-electron chi connectivity index (χ3n) is 3.22. The fourth-order valence-electron chi connectivity index (χ4n) is 1.99. The normalized spacial score (nSPS) is 18.1. The van der Waals surface area contributed by atoms with Crippen LogP contribution in [0.1, 0.15) is 0 Å². The van der Waals surface area contributed by atoms with Crippen molar-refractivity contribution in [3.63, 3.8) is 0 Å². The van der Waals surface area contributed by atoms with Gasteiger partial charge in [0.25, 0.3) is 0 Å². The van der Waals surface area contributed by atoms with E-state index in [2.05, 4.69) is 38.8 Å². The molecule has 0 unspecified atom stereocenters. The Morgan fingerprint density at radius 1 is 1.28 bits per heavy atom. The lowest BCUT2D eigenvalue weighted by Gasteiger charge is -2.32. The van der Waals surface area contributed by atoms with E-state index in [1.165, 1.54) is 31.1 Å². The largest absolute Gasteiger partial charge is 0.399 e.